The molecule has 0 aromatic heterocycles. The first-order valence-corrected chi connectivity index (χ1v) is 6.82. The van der Waals surface area contributed by atoms with Gasteiger partial charge in [0.2, 0.25) is 0 Å². The number of benzene rings is 2. The van der Waals surface area contributed by atoms with Gasteiger partial charge in [-0.1, -0.05) is 0 Å². The van der Waals surface area contributed by atoms with Crippen molar-refractivity contribution in [1.82, 2.24) is 0 Å². The number of aromatic hydroxyl groups is 2. The van der Waals surface area contributed by atoms with Crippen LogP contribution >= 0.6 is 22.6 Å². The van der Waals surface area contributed by atoms with Crippen LogP contribution in [0.2, 0.25) is 0 Å². The van der Waals surface area contributed by atoms with Gasteiger partial charge < -0.3 is 20.6 Å². The van der Waals surface area contributed by atoms with Gasteiger partial charge in [-0.2, -0.15) is 0 Å². The first-order valence-electron chi connectivity index (χ1n) is 5.74. The minimum Gasteiger partial charge on any atom is -0.508 e. The van der Waals surface area contributed by atoms with E-state index in [-0.39, 0.29) is 28.3 Å². The Hall–Kier alpha value is -2.29. The van der Waals surface area contributed by atoms with Crippen LogP contribution < -0.4 is 5.32 Å². The van der Waals surface area contributed by atoms with E-state index >= 15 is 0 Å². The van der Waals surface area contributed by atoms with Crippen molar-refractivity contribution in [2.24, 2.45) is 0 Å². The number of carbonyl (C=O) groups is 2. The van der Waals surface area contributed by atoms with Gasteiger partial charge in [-0.15, -0.1) is 0 Å². The first kappa shape index (κ1) is 15.1. The molecule has 0 aliphatic heterocycles. The molecule has 0 heterocycles. The van der Waals surface area contributed by atoms with Crippen LogP contribution in [0.4, 0.5) is 5.69 Å². The number of carbonyl (C=O) groups excluding carboxylic acids is 1. The quantitative estimate of drug-likeness (QED) is 0.469. The van der Waals surface area contributed by atoms with Gasteiger partial charge in [0.15, 0.2) is 0 Å². The summed E-state index contributed by atoms with van der Waals surface area (Å²) in [5, 5.41) is 30.5. The Kier molecular flexibility index (Phi) is 4.32. The van der Waals surface area contributed by atoms with Crippen molar-refractivity contribution in [3.8, 4) is 11.5 Å². The smallest absolute Gasteiger partial charge is 0.337 e. The summed E-state index contributed by atoms with van der Waals surface area (Å²) in [6.45, 7) is 0. The predicted octanol–water partition coefficient (Wildman–Crippen LogP) is 2.65. The fourth-order valence-corrected chi connectivity index (χ4v) is 2.19. The SMILES string of the molecule is O=C(Nc1ccc(O)cc1C(=O)O)c1cc(I)ccc1O. The number of amides is 1. The van der Waals surface area contributed by atoms with Gasteiger partial charge >= 0.3 is 5.97 Å². The van der Waals surface area contributed by atoms with Gasteiger partial charge in [0, 0.05) is 3.57 Å². The van der Waals surface area contributed by atoms with Crippen LogP contribution in [0, 0.1) is 3.57 Å². The van der Waals surface area contributed by atoms with E-state index in [0.717, 1.165) is 9.64 Å². The van der Waals surface area contributed by atoms with E-state index in [4.69, 9.17) is 5.11 Å². The van der Waals surface area contributed by atoms with Gasteiger partial charge in [-0.25, -0.2) is 4.79 Å². The Morgan fingerprint density at radius 2 is 1.71 bits per heavy atom. The molecule has 0 bridgehead atoms. The third kappa shape index (κ3) is 3.43. The lowest BCUT2D eigenvalue weighted by Crippen LogP contribution is -2.15. The normalized spacial score (nSPS) is 10.1. The summed E-state index contributed by atoms with van der Waals surface area (Å²) in [5.74, 6) is -2.35. The van der Waals surface area contributed by atoms with Crippen molar-refractivity contribution in [3.63, 3.8) is 0 Å². The molecule has 108 valence electrons. The molecular weight excluding hydrogens is 389 g/mol. The van der Waals surface area contributed by atoms with Crippen molar-refractivity contribution in [3.05, 3.63) is 51.1 Å². The monoisotopic (exact) mass is 399 g/mol. The Morgan fingerprint density at radius 1 is 1.00 bits per heavy atom. The van der Waals surface area contributed by atoms with Crippen LogP contribution in [-0.2, 0) is 0 Å². The highest BCUT2D eigenvalue weighted by atomic mass is 127. The number of phenolic OH excluding ortho intramolecular Hbond substituents is 2. The number of hydrogen-bond acceptors (Lipinski definition) is 4. The van der Waals surface area contributed by atoms with E-state index in [9.17, 15) is 19.8 Å². The third-order valence-electron chi connectivity index (χ3n) is 2.68. The molecule has 2 aromatic rings. The van der Waals surface area contributed by atoms with Gasteiger partial charge in [0.1, 0.15) is 11.5 Å². The molecule has 0 fully saturated rings. The number of halogens is 1. The zero-order valence-corrected chi connectivity index (χ0v) is 12.7. The molecular formula is C14H10INO5. The number of carboxylic acid groups (broad SMARTS) is 1. The van der Waals surface area contributed by atoms with E-state index in [2.05, 4.69) is 5.32 Å². The largest absolute Gasteiger partial charge is 0.508 e. The van der Waals surface area contributed by atoms with Crippen LogP contribution in [0.5, 0.6) is 11.5 Å². The van der Waals surface area contributed by atoms with E-state index in [1.807, 2.05) is 22.6 Å². The highest BCUT2D eigenvalue weighted by molar-refractivity contribution is 14.1. The van der Waals surface area contributed by atoms with Gasteiger partial charge in [0.25, 0.3) is 5.91 Å². The summed E-state index contributed by atoms with van der Waals surface area (Å²) in [6.07, 6.45) is 0. The predicted molar refractivity (Wildman–Crippen MR) is 83.8 cm³/mol. The second-order valence-corrected chi connectivity index (χ2v) is 5.40. The second kappa shape index (κ2) is 6.00. The molecule has 0 spiro atoms. The number of hydrogen-bond donors (Lipinski definition) is 4. The Balaban J connectivity index is 2.36. The first-order chi connectivity index (χ1) is 9.88. The number of carboxylic acids is 1. The number of nitrogens with one attached hydrogen (secondary N) is 1. The topological polar surface area (TPSA) is 107 Å². The molecule has 6 nitrogen and oxygen atoms in total. The van der Waals surface area contributed by atoms with Crippen molar-refractivity contribution in [2.75, 3.05) is 5.32 Å². The minimum absolute atomic E-state index is 0.0311. The summed E-state index contributed by atoms with van der Waals surface area (Å²) in [4.78, 5) is 23.2. The fraction of sp³-hybridized carbons (Fsp3) is 0. The van der Waals surface area contributed by atoms with Crippen molar-refractivity contribution >= 4 is 40.2 Å². The molecule has 0 unspecified atom stereocenters. The Labute approximate surface area is 133 Å². The van der Waals surface area contributed by atoms with Crippen LogP contribution in [0.1, 0.15) is 20.7 Å². The highest BCUT2D eigenvalue weighted by Gasteiger charge is 2.16. The molecule has 0 aliphatic carbocycles. The Morgan fingerprint density at radius 3 is 2.38 bits per heavy atom. The number of aromatic carboxylic acids is 1. The Bertz CT molecular complexity index is 729. The maximum absolute atomic E-state index is 12.1. The summed E-state index contributed by atoms with van der Waals surface area (Å²) in [6, 6.07) is 8.07. The lowest BCUT2D eigenvalue weighted by molar-refractivity contribution is 0.0697. The lowest BCUT2D eigenvalue weighted by atomic mass is 10.1. The van der Waals surface area contributed by atoms with Gasteiger partial charge in [-0.05, 0) is 59.0 Å². The number of anilines is 1. The van der Waals surface area contributed by atoms with Crippen LogP contribution in [0.15, 0.2) is 36.4 Å². The molecule has 1 amide bonds. The minimum atomic E-state index is -1.28. The maximum Gasteiger partial charge on any atom is 0.337 e. The van der Waals surface area contributed by atoms with E-state index in [1.165, 1.54) is 24.3 Å². The van der Waals surface area contributed by atoms with E-state index < -0.39 is 11.9 Å². The molecule has 2 aromatic carbocycles. The zero-order valence-electron chi connectivity index (χ0n) is 10.5. The van der Waals surface area contributed by atoms with Gasteiger partial charge in [-0.3, -0.25) is 4.79 Å². The lowest BCUT2D eigenvalue weighted by Gasteiger charge is -2.10. The van der Waals surface area contributed by atoms with Crippen LogP contribution in [0.3, 0.4) is 0 Å². The molecule has 0 saturated carbocycles. The van der Waals surface area contributed by atoms with E-state index in [0.29, 0.717) is 0 Å². The molecule has 0 atom stereocenters. The summed E-state index contributed by atoms with van der Waals surface area (Å²) in [5.41, 5.74) is -0.177. The molecule has 4 N–H and O–H groups in total. The van der Waals surface area contributed by atoms with Gasteiger partial charge in [0.05, 0.1) is 16.8 Å². The van der Waals surface area contributed by atoms with Crippen LogP contribution in [0.25, 0.3) is 0 Å². The second-order valence-electron chi connectivity index (χ2n) is 4.15. The highest BCUT2D eigenvalue weighted by Crippen LogP contribution is 2.24. The zero-order chi connectivity index (χ0) is 15.6. The van der Waals surface area contributed by atoms with Crippen molar-refractivity contribution < 1.29 is 24.9 Å². The van der Waals surface area contributed by atoms with E-state index in [1.54, 1.807) is 6.07 Å². The summed E-state index contributed by atoms with van der Waals surface area (Å²) >= 11 is 1.99. The molecule has 2 rings (SSSR count). The average molecular weight is 399 g/mol. The van der Waals surface area contributed by atoms with Crippen molar-refractivity contribution in [2.45, 2.75) is 0 Å². The van der Waals surface area contributed by atoms with Crippen LogP contribution in [-0.4, -0.2) is 27.2 Å². The molecule has 21 heavy (non-hydrogen) atoms. The fourth-order valence-electron chi connectivity index (χ4n) is 1.70. The van der Waals surface area contributed by atoms with Crippen molar-refractivity contribution in [1.29, 1.82) is 0 Å². The molecule has 7 heteroatoms. The number of phenols is 2. The molecule has 0 radical (unpaired) electrons. The summed E-state index contributed by atoms with van der Waals surface area (Å²) in [7, 11) is 0. The maximum atomic E-state index is 12.1. The standard InChI is InChI=1S/C14H10INO5/c15-7-1-4-12(18)10(5-7)13(19)16-11-3-2-8(17)6-9(11)14(20)21/h1-6,17-18H,(H,16,19)(H,20,21). The molecule has 0 aliphatic rings. The third-order valence-corrected chi connectivity index (χ3v) is 3.36. The average Bonchev–Trinajstić information content (AvgIpc) is 2.43. The number of rotatable bonds is 3. The summed E-state index contributed by atoms with van der Waals surface area (Å²) < 4.78 is 0.750. The molecule has 0 saturated heterocycles.